The van der Waals surface area contributed by atoms with E-state index in [2.05, 4.69) is 32.1 Å². The van der Waals surface area contributed by atoms with Crippen molar-refractivity contribution in [2.45, 2.75) is 199 Å². The lowest BCUT2D eigenvalue weighted by atomic mass is 10.0. The predicted octanol–water partition coefficient (Wildman–Crippen LogP) is 11.0. The van der Waals surface area contributed by atoms with Crippen LogP contribution in [0.1, 0.15) is 187 Å². The number of carbonyl (C=O) groups is 2. The molecule has 0 aliphatic carbocycles. The Bertz CT molecular complexity index is 774. The van der Waals surface area contributed by atoms with Crippen molar-refractivity contribution in [1.82, 2.24) is 0 Å². The van der Waals surface area contributed by atoms with E-state index in [-0.39, 0.29) is 25.6 Å². The highest BCUT2D eigenvalue weighted by Crippen LogP contribution is 2.14. The summed E-state index contributed by atoms with van der Waals surface area (Å²) in [6, 6.07) is 0. The van der Waals surface area contributed by atoms with Crippen molar-refractivity contribution >= 4 is 11.9 Å². The lowest BCUT2D eigenvalue weighted by Gasteiger charge is -2.12. The molecule has 2 atom stereocenters. The Labute approximate surface area is 289 Å². The van der Waals surface area contributed by atoms with E-state index in [0.29, 0.717) is 19.3 Å². The van der Waals surface area contributed by atoms with Crippen LogP contribution in [0, 0.1) is 0 Å². The van der Waals surface area contributed by atoms with Gasteiger partial charge in [0.05, 0.1) is 6.10 Å². The quantitative estimate of drug-likeness (QED) is 0.0304. The molecule has 0 aliphatic rings. The normalized spacial score (nSPS) is 13.2. The standard InChI is InChI=1S/C41H74O6/c1-3-5-7-9-11-13-15-17-18-20-22-24-26-28-30-34-40(44)46-36-39(43)37-47-41(45)35-31-33-38(42)32-29-27-25-23-21-19-16-14-12-10-8-6-4-2/h19,21,25,27,29,32,38-39,42-43H,3-18,20,22-24,26,28,30-31,33-37H2,1-2H3/b21-19+,27-25+,32-29+/t38?,39-/m1/s1. The molecule has 0 aromatic heterocycles. The van der Waals surface area contributed by atoms with E-state index in [1.54, 1.807) is 6.08 Å². The minimum absolute atomic E-state index is 0.163. The van der Waals surface area contributed by atoms with Crippen molar-refractivity contribution in [3.8, 4) is 0 Å². The van der Waals surface area contributed by atoms with Crippen molar-refractivity contribution < 1.29 is 29.3 Å². The molecule has 6 nitrogen and oxygen atoms in total. The molecule has 2 N–H and O–H groups in total. The number of unbranched alkanes of at least 4 members (excludes halogenated alkanes) is 20. The maximum atomic E-state index is 12.0. The summed E-state index contributed by atoms with van der Waals surface area (Å²) in [6.07, 6.45) is 40.9. The minimum Gasteiger partial charge on any atom is -0.463 e. The first kappa shape index (κ1) is 45.1. The van der Waals surface area contributed by atoms with Crippen LogP contribution in [-0.4, -0.2) is 47.6 Å². The van der Waals surface area contributed by atoms with Gasteiger partial charge in [0, 0.05) is 12.8 Å². The van der Waals surface area contributed by atoms with Gasteiger partial charge in [0.2, 0.25) is 0 Å². The summed E-state index contributed by atoms with van der Waals surface area (Å²) in [5.74, 6) is -0.751. The molecule has 274 valence electrons. The van der Waals surface area contributed by atoms with Crippen molar-refractivity contribution in [2.24, 2.45) is 0 Å². The SMILES string of the molecule is CCCCCCCC/C=C/C/C=C/C=C/C(O)CCCC(=O)OC[C@H](O)COC(=O)CCCCCCCCCCCCCCCCC. The second-order valence-electron chi connectivity index (χ2n) is 13.3. The Morgan fingerprint density at radius 2 is 0.979 bits per heavy atom. The molecule has 1 unspecified atom stereocenters. The summed E-state index contributed by atoms with van der Waals surface area (Å²) in [5.41, 5.74) is 0. The molecule has 0 bridgehead atoms. The molecular weight excluding hydrogens is 588 g/mol. The largest absolute Gasteiger partial charge is 0.463 e. The Balaban J connectivity index is 3.60. The summed E-state index contributed by atoms with van der Waals surface area (Å²) >= 11 is 0. The van der Waals surface area contributed by atoms with Crippen molar-refractivity contribution in [3.63, 3.8) is 0 Å². The highest BCUT2D eigenvalue weighted by atomic mass is 16.6. The third kappa shape index (κ3) is 36.8. The van der Waals surface area contributed by atoms with Gasteiger partial charge in [-0.25, -0.2) is 0 Å². The average molecular weight is 663 g/mol. The fourth-order valence-electron chi connectivity index (χ4n) is 5.45. The molecule has 0 amide bonds. The summed E-state index contributed by atoms with van der Waals surface area (Å²) in [6.45, 7) is 4.13. The number of esters is 2. The zero-order chi connectivity index (χ0) is 34.5. The second kappa shape index (κ2) is 36.9. The molecular formula is C41H74O6. The molecule has 0 radical (unpaired) electrons. The third-order valence-corrected chi connectivity index (χ3v) is 8.48. The van der Waals surface area contributed by atoms with Crippen molar-refractivity contribution in [2.75, 3.05) is 13.2 Å². The summed E-state index contributed by atoms with van der Waals surface area (Å²) < 4.78 is 10.2. The van der Waals surface area contributed by atoms with Gasteiger partial charge >= 0.3 is 11.9 Å². The van der Waals surface area contributed by atoms with Gasteiger partial charge < -0.3 is 19.7 Å². The zero-order valence-electron chi connectivity index (χ0n) is 30.7. The summed E-state index contributed by atoms with van der Waals surface area (Å²) in [5, 5.41) is 20.1. The number of allylic oxidation sites excluding steroid dienone is 5. The first-order chi connectivity index (χ1) is 23.0. The maximum Gasteiger partial charge on any atom is 0.305 e. The van der Waals surface area contributed by atoms with Gasteiger partial charge in [-0.05, 0) is 38.5 Å². The fraction of sp³-hybridized carbons (Fsp3) is 0.805. The summed E-state index contributed by atoms with van der Waals surface area (Å²) in [7, 11) is 0. The minimum atomic E-state index is -1.03. The van der Waals surface area contributed by atoms with Crippen LogP contribution in [0.4, 0.5) is 0 Å². The first-order valence-corrected chi connectivity index (χ1v) is 19.6. The Morgan fingerprint density at radius 1 is 0.532 bits per heavy atom. The lowest BCUT2D eigenvalue weighted by Crippen LogP contribution is -2.25. The van der Waals surface area contributed by atoms with Gasteiger partial charge in [-0.3, -0.25) is 9.59 Å². The number of hydrogen-bond acceptors (Lipinski definition) is 6. The van der Waals surface area contributed by atoms with Crippen LogP contribution in [0.15, 0.2) is 36.5 Å². The van der Waals surface area contributed by atoms with Crippen LogP contribution >= 0.6 is 0 Å². The molecule has 47 heavy (non-hydrogen) atoms. The van der Waals surface area contributed by atoms with Crippen LogP contribution in [0.3, 0.4) is 0 Å². The molecule has 0 spiro atoms. The fourth-order valence-corrected chi connectivity index (χ4v) is 5.45. The molecule has 0 aromatic rings. The smallest absolute Gasteiger partial charge is 0.305 e. The number of aliphatic hydroxyl groups is 2. The molecule has 0 aliphatic heterocycles. The van der Waals surface area contributed by atoms with E-state index in [4.69, 9.17) is 9.47 Å². The predicted molar refractivity (Wildman–Crippen MR) is 197 cm³/mol. The van der Waals surface area contributed by atoms with E-state index >= 15 is 0 Å². The van der Waals surface area contributed by atoms with Crippen LogP contribution in [0.25, 0.3) is 0 Å². The topological polar surface area (TPSA) is 93.1 Å². The molecule has 0 fully saturated rings. The van der Waals surface area contributed by atoms with Gasteiger partial charge in [-0.15, -0.1) is 0 Å². The van der Waals surface area contributed by atoms with E-state index in [1.807, 2.05) is 12.2 Å². The number of hydrogen-bond donors (Lipinski definition) is 2. The van der Waals surface area contributed by atoms with Crippen LogP contribution in [-0.2, 0) is 19.1 Å². The molecule has 0 saturated heterocycles. The average Bonchev–Trinajstić information content (AvgIpc) is 3.06. The van der Waals surface area contributed by atoms with Gasteiger partial charge in [-0.2, -0.15) is 0 Å². The third-order valence-electron chi connectivity index (χ3n) is 8.48. The van der Waals surface area contributed by atoms with Gasteiger partial charge in [-0.1, -0.05) is 172 Å². The zero-order valence-corrected chi connectivity index (χ0v) is 30.7. The van der Waals surface area contributed by atoms with Gasteiger partial charge in [0.1, 0.15) is 19.3 Å². The number of rotatable bonds is 35. The second-order valence-corrected chi connectivity index (χ2v) is 13.3. The van der Waals surface area contributed by atoms with E-state index in [1.165, 1.54) is 116 Å². The van der Waals surface area contributed by atoms with Crippen molar-refractivity contribution in [3.05, 3.63) is 36.5 Å². The molecule has 0 heterocycles. The van der Waals surface area contributed by atoms with E-state index < -0.39 is 18.2 Å². The van der Waals surface area contributed by atoms with E-state index in [0.717, 1.165) is 32.1 Å². The lowest BCUT2D eigenvalue weighted by molar-refractivity contribution is -0.152. The molecule has 0 rings (SSSR count). The Morgan fingerprint density at radius 3 is 1.49 bits per heavy atom. The monoisotopic (exact) mass is 663 g/mol. The van der Waals surface area contributed by atoms with Crippen LogP contribution in [0.2, 0.25) is 0 Å². The molecule has 0 saturated carbocycles. The highest BCUT2D eigenvalue weighted by Gasteiger charge is 2.12. The van der Waals surface area contributed by atoms with Crippen LogP contribution < -0.4 is 0 Å². The highest BCUT2D eigenvalue weighted by molar-refractivity contribution is 5.69. The maximum absolute atomic E-state index is 12.0. The van der Waals surface area contributed by atoms with Crippen LogP contribution in [0.5, 0.6) is 0 Å². The summed E-state index contributed by atoms with van der Waals surface area (Å²) in [4.78, 5) is 23.9. The molecule has 0 aromatic carbocycles. The number of carbonyl (C=O) groups excluding carboxylic acids is 2. The number of aliphatic hydroxyl groups excluding tert-OH is 2. The Hall–Kier alpha value is -1.92. The van der Waals surface area contributed by atoms with Gasteiger partial charge in [0.25, 0.3) is 0 Å². The Kier molecular flexibility index (Phi) is 35.4. The first-order valence-electron chi connectivity index (χ1n) is 19.6. The number of ether oxygens (including phenoxy) is 2. The van der Waals surface area contributed by atoms with E-state index in [9.17, 15) is 19.8 Å². The molecule has 6 heteroatoms. The van der Waals surface area contributed by atoms with Gasteiger partial charge in [0.15, 0.2) is 0 Å². The van der Waals surface area contributed by atoms with Crippen molar-refractivity contribution in [1.29, 1.82) is 0 Å².